The van der Waals surface area contributed by atoms with Crippen molar-refractivity contribution >= 4 is 11.5 Å². The minimum Gasteiger partial charge on any atom is -0.349 e. The lowest BCUT2D eigenvalue weighted by Gasteiger charge is -2.22. The highest BCUT2D eigenvalue weighted by molar-refractivity contribution is 5.64. The van der Waals surface area contributed by atoms with Gasteiger partial charge >= 0.3 is 0 Å². The maximum atomic E-state index is 8.75. The molecule has 6 nitrogen and oxygen atoms in total. The summed E-state index contributed by atoms with van der Waals surface area (Å²) < 4.78 is 1.93. The van der Waals surface area contributed by atoms with Gasteiger partial charge in [0.15, 0.2) is 5.82 Å². The Labute approximate surface area is 105 Å². The largest absolute Gasteiger partial charge is 0.349 e. The van der Waals surface area contributed by atoms with Crippen LogP contribution in [0.1, 0.15) is 25.1 Å². The summed E-state index contributed by atoms with van der Waals surface area (Å²) in [5.41, 5.74) is 0.778. The van der Waals surface area contributed by atoms with E-state index in [1.54, 1.807) is 6.20 Å². The summed E-state index contributed by atoms with van der Waals surface area (Å²) >= 11 is 0. The van der Waals surface area contributed by atoms with Crippen LogP contribution in [0.5, 0.6) is 0 Å². The number of aromatic nitrogens is 4. The molecule has 0 bridgehead atoms. The second-order valence-corrected chi connectivity index (χ2v) is 4.52. The van der Waals surface area contributed by atoms with E-state index < -0.39 is 0 Å². The highest BCUT2D eigenvalue weighted by Gasteiger charge is 2.31. The molecule has 0 unspecified atom stereocenters. The molecule has 18 heavy (non-hydrogen) atoms. The van der Waals surface area contributed by atoms with Gasteiger partial charge in [-0.3, -0.25) is 4.40 Å². The molecule has 0 N–H and O–H groups in total. The van der Waals surface area contributed by atoms with Gasteiger partial charge in [0.25, 0.3) is 0 Å². The van der Waals surface area contributed by atoms with Gasteiger partial charge in [0.2, 0.25) is 5.65 Å². The Morgan fingerprint density at radius 3 is 3.06 bits per heavy atom. The van der Waals surface area contributed by atoms with E-state index in [-0.39, 0.29) is 0 Å². The number of rotatable bonds is 4. The van der Waals surface area contributed by atoms with Crippen molar-refractivity contribution in [2.45, 2.75) is 32.2 Å². The molecule has 1 aliphatic rings. The molecule has 1 aliphatic carbocycles. The molecule has 1 fully saturated rings. The minimum atomic E-state index is 0.506. The second kappa shape index (κ2) is 4.26. The van der Waals surface area contributed by atoms with Gasteiger partial charge < -0.3 is 4.90 Å². The van der Waals surface area contributed by atoms with Crippen LogP contribution in [0.3, 0.4) is 0 Å². The first-order valence-electron chi connectivity index (χ1n) is 6.11. The number of hydrogen-bond donors (Lipinski definition) is 0. The molecule has 6 heteroatoms. The highest BCUT2D eigenvalue weighted by atomic mass is 15.3. The number of aryl methyl sites for hydroxylation is 1. The number of nitriles is 1. The lowest BCUT2D eigenvalue weighted by atomic mass is 10.3. The molecule has 0 spiro atoms. The van der Waals surface area contributed by atoms with E-state index in [9.17, 15) is 0 Å². The predicted molar refractivity (Wildman–Crippen MR) is 66.1 cm³/mol. The number of hydrogen-bond acceptors (Lipinski definition) is 5. The Bertz CT molecular complexity index is 607. The van der Waals surface area contributed by atoms with Gasteiger partial charge in [-0.1, -0.05) is 0 Å². The molecule has 0 atom stereocenters. The zero-order valence-electron chi connectivity index (χ0n) is 10.2. The summed E-state index contributed by atoms with van der Waals surface area (Å²) in [6.07, 6.45) is 6.47. The topological polar surface area (TPSA) is 70.1 Å². The van der Waals surface area contributed by atoms with Crippen molar-refractivity contribution in [3.05, 3.63) is 18.2 Å². The third kappa shape index (κ3) is 1.78. The Morgan fingerprint density at radius 1 is 1.50 bits per heavy atom. The van der Waals surface area contributed by atoms with E-state index in [0.717, 1.165) is 17.3 Å². The van der Waals surface area contributed by atoms with Gasteiger partial charge in [0.1, 0.15) is 5.82 Å². The van der Waals surface area contributed by atoms with Gasteiger partial charge in [0, 0.05) is 25.0 Å². The second-order valence-electron chi connectivity index (χ2n) is 4.52. The van der Waals surface area contributed by atoms with Crippen LogP contribution in [-0.2, 0) is 0 Å². The standard InChI is InChI=1S/C12H14N6/c1-9-15-16-12-11(14-6-8-17(9)12)18(7-2-5-13)10-3-4-10/h6,8,10H,2-4,7H2,1H3. The van der Waals surface area contributed by atoms with Crippen molar-refractivity contribution in [2.75, 3.05) is 11.4 Å². The molecule has 0 amide bonds. The molecular formula is C12H14N6. The first-order valence-corrected chi connectivity index (χ1v) is 6.11. The van der Waals surface area contributed by atoms with Crippen molar-refractivity contribution in [1.82, 2.24) is 19.6 Å². The molecule has 92 valence electrons. The van der Waals surface area contributed by atoms with Gasteiger partial charge in [-0.05, 0) is 19.8 Å². The Hall–Kier alpha value is -2.16. The molecule has 0 aromatic carbocycles. The fourth-order valence-electron chi connectivity index (χ4n) is 2.15. The Balaban J connectivity index is 2.03. The number of fused-ring (bicyclic) bond motifs is 1. The fraction of sp³-hybridized carbons (Fsp3) is 0.500. The van der Waals surface area contributed by atoms with Gasteiger partial charge in [-0.25, -0.2) is 4.98 Å². The van der Waals surface area contributed by atoms with Gasteiger partial charge in [-0.2, -0.15) is 5.26 Å². The molecule has 0 saturated heterocycles. The van der Waals surface area contributed by atoms with Crippen LogP contribution < -0.4 is 4.90 Å². The van der Waals surface area contributed by atoms with E-state index in [1.165, 1.54) is 12.8 Å². The van der Waals surface area contributed by atoms with Crippen LogP contribution in [0.2, 0.25) is 0 Å². The number of nitrogens with zero attached hydrogens (tertiary/aromatic N) is 6. The highest BCUT2D eigenvalue weighted by Crippen LogP contribution is 2.32. The van der Waals surface area contributed by atoms with Gasteiger partial charge in [0.05, 0.1) is 12.5 Å². The average Bonchev–Trinajstić information content (AvgIpc) is 3.15. The van der Waals surface area contributed by atoms with Crippen molar-refractivity contribution in [3.8, 4) is 6.07 Å². The van der Waals surface area contributed by atoms with Crippen molar-refractivity contribution < 1.29 is 0 Å². The average molecular weight is 242 g/mol. The first-order chi connectivity index (χ1) is 8.81. The van der Waals surface area contributed by atoms with Crippen LogP contribution in [0.25, 0.3) is 5.65 Å². The molecule has 0 radical (unpaired) electrons. The van der Waals surface area contributed by atoms with Crippen LogP contribution in [-0.4, -0.2) is 32.2 Å². The maximum absolute atomic E-state index is 8.75. The smallest absolute Gasteiger partial charge is 0.203 e. The molecule has 1 saturated carbocycles. The first kappa shape index (κ1) is 11.0. The third-order valence-corrected chi connectivity index (χ3v) is 3.20. The van der Waals surface area contributed by atoms with E-state index in [0.29, 0.717) is 19.0 Å². The molecule has 2 aromatic heterocycles. The lowest BCUT2D eigenvalue weighted by molar-refractivity contribution is 0.776. The summed E-state index contributed by atoms with van der Waals surface area (Å²) in [7, 11) is 0. The van der Waals surface area contributed by atoms with Crippen LogP contribution >= 0.6 is 0 Å². The number of anilines is 1. The van der Waals surface area contributed by atoms with Crippen LogP contribution in [0.4, 0.5) is 5.82 Å². The van der Waals surface area contributed by atoms with Crippen LogP contribution in [0, 0.1) is 18.3 Å². The Kier molecular flexibility index (Phi) is 2.59. The monoisotopic (exact) mass is 242 g/mol. The lowest BCUT2D eigenvalue weighted by Crippen LogP contribution is -2.28. The SMILES string of the molecule is Cc1nnc2c(N(CCC#N)C3CC3)nccn12. The molecule has 2 heterocycles. The summed E-state index contributed by atoms with van der Waals surface area (Å²) in [4.78, 5) is 6.62. The normalized spacial score (nSPS) is 14.7. The van der Waals surface area contributed by atoms with Crippen LogP contribution in [0.15, 0.2) is 12.4 Å². The van der Waals surface area contributed by atoms with E-state index in [4.69, 9.17) is 5.26 Å². The van der Waals surface area contributed by atoms with E-state index in [1.807, 2.05) is 17.5 Å². The molecular weight excluding hydrogens is 228 g/mol. The fourth-order valence-corrected chi connectivity index (χ4v) is 2.15. The molecule has 0 aliphatic heterocycles. The quantitative estimate of drug-likeness (QED) is 0.808. The van der Waals surface area contributed by atoms with E-state index in [2.05, 4.69) is 26.2 Å². The predicted octanol–water partition coefficient (Wildman–Crippen LogP) is 1.32. The Morgan fingerprint density at radius 2 is 2.33 bits per heavy atom. The zero-order valence-corrected chi connectivity index (χ0v) is 10.2. The van der Waals surface area contributed by atoms with Crippen molar-refractivity contribution in [1.29, 1.82) is 5.26 Å². The summed E-state index contributed by atoms with van der Waals surface area (Å²) in [6, 6.07) is 2.70. The third-order valence-electron chi connectivity index (χ3n) is 3.20. The van der Waals surface area contributed by atoms with Crippen molar-refractivity contribution in [3.63, 3.8) is 0 Å². The molecule has 2 aromatic rings. The van der Waals surface area contributed by atoms with Gasteiger partial charge in [-0.15, -0.1) is 10.2 Å². The zero-order chi connectivity index (χ0) is 12.5. The van der Waals surface area contributed by atoms with Crippen molar-refractivity contribution in [2.24, 2.45) is 0 Å². The summed E-state index contributed by atoms with van der Waals surface area (Å²) in [5, 5.41) is 17.0. The minimum absolute atomic E-state index is 0.506. The molecule has 3 rings (SSSR count). The maximum Gasteiger partial charge on any atom is 0.203 e. The summed E-state index contributed by atoms with van der Waals surface area (Å²) in [6.45, 7) is 2.63. The summed E-state index contributed by atoms with van der Waals surface area (Å²) in [5.74, 6) is 1.69. The van der Waals surface area contributed by atoms with E-state index >= 15 is 0 Å².